The van der Waals surface area contributed by atoms with Crippen molar-refractivity contribution in [2.75, 3.05) is 5.32 Å². The Kier molecular flexibility index (Phi) is 5.95. The van der Waals surface area contributed by atoms with Gasteiger partial charge in [-0.05, 0) is 51.0 Å². The molecule has 0 aliphatic heterocycles. The largest absolute Gasteiger partial charge is 0.481 e. The molecule has 1 aliphatic rings. The Labute approximate surface area is 141 Å². The molecule has 1 saturated carbocycles. The smallest absolute Gasteiger partial charge is 0.338 e. The Morgan fingerprint density at radius 1 is 1.08 bits per heavy atom. The Morgan fingerprint density at radius 3 is 2.21 bits per heavy atom. The molecule has 24 heavy (non-hydrogen) atoms. The Balaban J connectivity index is 2.01. The van der Waals surface area contributed by atoms with Crippen LogP contribution in [0, 0.1) is 11.8 Å². The average molecular weight is 333 g/mol. The number of benzene rings is 1. The van der Waals surface area contributed by atoms with Gasteiger partial charge in [0.15, 0.2) is 0 Å². The maximum absolute atomic E-state index is 12.4. The van der Waals surface area contributed by atoms with Crippen molar-refractivity contribution < 1.29 is 24.2 Å². The van der Waals surface area contributed by atoms with Gasteiger partial charge in [-0.15, -0.1) is 0 Å². The molecule has 6 nitrogen and oxygen atoms in total. The molecule has 6 heteroatoms. The lowest BCUT2D eigenvalue weighted by atomic mass is 9.78. The molecule has 1 aromatic rings. The Hall–Kier alpha value is -2.37. The fourth-order valence-corrected chi connectivity index (χ4v) is 2.95. The highest BCUT2D eigenvalue weighted by molar-refractivity contribution is 5.96. The summed E-state index contributed by atoms with van der Waals surface area (Å²) in [7, 11) is 0. The number of carboxylic acids is 1. The zero-order valence-electron chi connectivity index (χ0n) is 14.0. The zero-order valence-corrected chi connectivity index (χ0v) is 14.0. The van der Waals surface area contributed by atoms with Gasteiger partial charge in [-0.1, -0.05) is 12.8 Å². The van der Waals surface area contributed by atoms with E-state index in [-0.39, 0.29) is 12.0 Å². The summed E-state index contributed by atoms with van der Waals surface area (Å²) in [6.45, 7) is 3.55. The minimum Gasteiger partial charge on any atom is -0.481 e. The zero-order chi connectivity index (χ0) is 17.7. The van der Waals surface area contributed by atoms with Crippen molar-refractivity contribution in [2.24, 2.45) is 11.8 Å². The van der Waals surface area contributed by atoms with E-state index in [1.165, 1.54) is 0 Å². The summed E-state index contributed by atoms with van der Waals surface area (Å²) in [4.78, 5) is 35.5. The SMILES string of the molecule is CC(C)OC(=O)c1ccc(NC(=O)C2CCCCC2C(=O)O)cc1. The average Bonchev–Trinajstić information content (AvgIpc) is 2.54. The molecular formula is C18H23NO5. The molecule has 0 radical (unpaired) electrons. The number of ether oxygens (including phenoxy) is 1. The summed E-state index contributed by atoms with van der Waals surface area (Å²) in [5.74, 6) is -2.75. The number of aliphatic carboxylic acids is 1. The molecule has 0 spiro atoms. The van der Waals surface area contributed by atoms with Crippen LogP contribution in [0.25, 0.3) is 0 Å². The van der Waals surface area contributed by atoms with Crippen molar-refractivity contribution in [1.82, 2.24) is 0 Å². The highest BCUT2D eigenvalue weighted by Gasteiger charge is 2.35. The maximum atomic E-state index is 12.4. The fraction of sp³-hybridized carbons (Fsp3) is 0.500. The van der Waals surface area contributed by atoms with E-state index in [1.54, 1.807) is 38.1 Å². The highest BCUT2D eigenvalue weighted by atomic mass is 16.5. The van der Waals surface area contributed by atoms with Gasteiger partial charge in [-0.2, -0.15) is 0 Å². The molecule has 130 valence electrons. The van der Waals surface area contributed by atoms with Gasteiger partial charge >= 0.3 is 11.9 Å². The monoisotopic (exact) mass is 333 g/mol. The lowest BCUT2D eigenvalue weighted by Crippen LogP contribution is -2.36. The van der Waals surface area contributed by atoms with E-state index >= 15 is 0 Å². The van der Waals surface area contributed by atoms with Gasteiger partial charge in [0.1, 0.15) is 0 Å². The second kappa shape index (κ2) is 7.95. The molecule has 0 bridgehead atoms. The topological polar surface area (TPSA) is 92.7 Å². The van der Waals surface area contributed by atoms with Crippen molar-refractivity contribution in [3.05, 3.63) is 29.8 Å². The summed E-state index contributed by atoms with van der Waals surface area (Å²) in [6, 6.07) is 6.40. The molecule has 2 rings (SSSR count). The van der Waals surface area contributed by atoms with Crippen LogP contribution >= 0.6 is 0 Å². The standard InChI is InChI=1S/C18H23NO5/c1-11(2)24-18(23)12-7-9-13(10-8-12)19-16(20)14-5-3-4-6-15(14)17(21)22/h7-11,14-15H,3-6H2,1-2H3,(H,19,20)(H,21,22). The third kappa shape index (κ3) is 4.57. The predicted molar refractivity (Wildman–Crippen MR) is 88.7 cm³/mol. The van der Waals surface area contributed by atoms with Crippen LogP contribution in [0.15, 0.2) is 24.3 Å². The number of carbonyl (C=O) groups excluding carboxylic acids is 2. The lowest BCUT2D eigenvalue weighted by Gasteiger charge is -2.27. The number of hydrogen-bond donors (Lipinski definition) is 2. The Bertz CT molecular complexity index is 608. The molecule has 0 heterocycles. The second-order valence-electron chi connectivity index (χ2n) is 6.36. The first-order valence-corrected chi connectivity index (χ1v) is 8.23. The molecule has 0 saturated heterocycles. The first kappa shape index (κ1) is 18.0. The molecule has 1 fully saturated rings. The first-order valence-electron chi connectivity index (χ1n) is 8.23. The van der Waals surface area contributed by atoms with Crippen LogP contribution in [0.4, 0.5) is 5.69 Å². The molecule has 1 aromatic carbocycles. The van der Waals surface area contributed by atoms with Crippen molar-refractivity contribution in [3.63, 3.8) is 0 Å². The quantitative estimate of drug-likeness (QED) is 0.808. The summed E-state index contributed by atoms with van der Waals surface area (Å²) < 4.78 is 5.10. The van der Waals surface area contributed by atoms with Crippen LogP contribution < -0.4 is 5.32 Å². The summed E-state index contributed by atoms with van der Waals surface area (Å²) in [5.41, 5.74) is 0.943. The maximum Gasteiger partial charge on any atom is 0.338 e. The van der Waals surface area contributed by atoms with Gasteiger partial charge in [0.2, 0.25) is 5.91 Å². The fourth-order valence-electron chi connectivity index (χ4n) is 2.95. The van der Waals surface area contributed by atoms with Crippen LogP contribution in [0.1, 0.15) is 49.9 Å². The first-order chi connectivity index (χ1) is 11.4. The van der Waals surface area contributed by atoms with Crippen molar-refractivity contribution in [3.8, 4) is 0 Å². The molecule has 2 N–H and O–H groups in total. The molecule has 2 atom stereocenters. The third-order valence-corrected chi connectivity index (χ3v) is 4.15. The van der Waals surface area contributed by atoms with Gasteiger partial charge in [0.05, 0.1) is 23.5 Å². The highest BCUT2D eigenvalue weighted by Crippen LogP contribution is 2.31. The number of nitrogens with one attached hydrogen (secondary N) is 1. The van der Waals surface area contributed by atoms with E-state index < -0.39 is 23.8 Å². The Morgan fingerprint density at radius 2 is 1.67 bits per heavy atom. The van der Waals surface area contributed by atoms with E-state index in [0.29, 0.717) is 24.1 Å². The number of amides is 1. The predicted octanol–water partition coefficient (Wildman–Crippen LogP) is 3.08. The van der Waals surface area contributed by atoms with Gasteiger partial charge in [0.25, 0.3) is 0 Å². The second-order valence-corrected chi connectivity index (χ2v) is 6.36. The number of carboxylic acid groups (broad SMARTS) is 1. The van der Waals surface area contributed by atoms with E-state index in [1.807, 2.05) is 0 Å². The van der Waals surface area contributed by atoms with Gasteiger partial charge in [0, 0.05) is 5.69 Å². The summed E-state index contributed by atoms with van der Waals surface area (Å²) in [5, 5.41) is 12.0. The molecule has 0 aromatic heterocycles. The van der Waals surface area contributed by atoms with E-state index in [4.69, 9.17) is 4.74 Å². The number of esters is 1. The van der Waals surface area contributed by atoms with Gasteiger partial charge in [-0.3, -0.25) is 9.59 Å². The number of carbonyl (C=O) groups is 3. The van der Waals surface area contributed by atoms with Crippen LogP contribution in [-0.4, -0.2) is 29.1 Å². The molecule has 1 aliphatic carbocycles. The van der Waals surface area contributed by atoms with E-state index in [2.05, 4.69) is 5.32 Å². The summed E-state index contributed by atoms with van der Waals surface area (Å²) in [6.07, 6.45) is 2.63. The number of hydrogen-bond acceptors (Lipinski definition) is 4. The van der Waals surface area contributed by atoms with Gasteiger partial charge in [-0.25, -0.2) is 4.79 Å². The van der Waals surface area contributed by atoms with Crippen LogP contribution in [0.3, 0.4) is 0 Å². The lowest BCUT2D eigenvalue weighted by molar-refractivity contribution is -0.147. The van der Waals surface area contributed by atoms with Gasteiger partial charge < -0.3 is 15.2 Å². The van der Waals surface area contributed by atoms with Crippen molar-refractivity contribution >= 4 is 23.5 Å². The number of rotatable bonds is 5. The number of anilines is 1. The summed E-state index contributed by atoms with van der Waals surface area (Å²) >= 11 is 0. The minimum absolute atomic E-state index is 0.198. The van der Waals surface area contributed by atoms with Crippen LogP contribution in [0.5, 0.6) is 0 Å². The minimum atomic E-state index is -0.915. The molecule has 1 amide bonds. The van der Waals surface area contributed by atoms with Crippen LogP contribution in [-0.2, 0) is 14.3 Å². The van der Waals surface area contributed by atoms with Crippen molar-refractivity contribution in [1.29, 1.82) is 0 Å². The molecular weight excluding hydrogens is 310 g/mol. The normalized spacial score (nSPS) is 20.5. The molecule has 2 unspecified atom stereocenters. The van der Waals surface area contributed by atoms with E-state index in [0.717, 1.165) is 12.8 Å². The van der Waals surface area contributed by atoms with Crippen LogP contribution in [0.2, 0.25) is 0 Å². The third-order valence-electron chi connectivity index (χ3n) is 4.15. The van der Waals surface area contributed by atoms with Crippen molar-refractivity contribution in [2.45, 2.75) is 45.6 Å². The van der Waals surface area contributed by atoms with E-state index in [9.17, 15) is 19.5 Å².